The Bertz CT molecular complexity index is 437. The molecular weight excluding hydrogens is 256 g/mol. The molecule has 1 unspecified atom stereocenters. The Balaban J connectivity index is 1.85. The smallest absolute Gasteiger partial charge is 0.238 e. The molecule has 112 valence electrons. The van der Waals surface area contributed by atoms with Crippen molar-refractivity contribution in [3.8, 4) is 0 Å². The number of rotatable bonds is 5. The number of anilines is 1. The zero-order chi connectivity index (χ0) is 14.5. The molecule has 6 heteroatoms. The van der Waals surface area contributed by atoms with Gasteiger partial charge in [0.2, 0.25) is 5.91 Å². The van der Waals surface area contributed by atoms with Crippen LogP contribution >= 0.6 is 0 Å². The standard InChI is InChI=1S/C14H24N4O2/c1-10-14(11(2)17-16-10)15-13(20)9-18-6-3-4-12(8-18)5-7-19/h12,19H,3-9H2,1-2H3,(H,15,20)(H,16,17). The van der Waals surface area contributed by atoms with E-state index in [1.165, 1.54) is 0 Å². The van der Waals surface area contributed by atoms with Gasteiger partial charge in [-0.3, -0.25) is 14.8 Å². The second-order valence-corrected chi connectivity index (χ2v) is 5.61. The minimum atomic E-state index is 0.00208. The Morgan fingerprint density at radius 3 is 3.00 bits per heavy atom. The second-order valence-electron chi connectivity index (χ2n) is 5.61. The first-order valence-corrected chi connectivity index (χ1v) is 7.24. The molecule has 2 heterocycles. The van der Waals surface area contributed by atoms with Gasteiger partial charge in [0, 0.05) is 13.2 Å². The first-order valence-electron chi connectivity index (χ1n) is 7.24. The number of piperidine rings is 1. The van der Waals surface area contributed by atoms with E-state index in [1.54, 1.807) is 0 Å². The van der Waals surface area contributed by atoms with E-state index in [0.29, 0.717) is 12.5 Å². The number of nitrogens with zero attached hydrogens (tertiary/aromatic N) is 2. The van der Waals surface area contributed by atoms with E-state index < -0.39 is 0 Å². The van der Waals surface area contributed by atoms with Gasteiger partial charge in [0.1, 0.15) is 0 Å². The molecule has 0 aliphatic carbocycles. The number of aryl methyl sites for hydroxylation is 2. The maximum atomic E-state index is 12.1. The van der Waals surface area contributed by atoms with Crippen molar-refractivity contribution in [3.05, 3.63) is 11.4 Å². The Hall–Kier alpha value is -1.40. The largest absolute Gasteiger partial charge is 0.396 e. The van der Waals surface area contributed by atoms with Crippen LogP contribution in [0.2, 0.25) is 0 Å². The van der Waals surface area contributed by atoms with Gasteiger partial charge in [0.25, 0.3) is 0 Å². The summed E-state index contributed by atoms with van der Waals surface area (Å²) in [6.07, 6.45) is 3.08. The summed E-state index contributed by atoms with van der Waals surface area (Å²) in [5, 5.41) is 18.9. The molecule has 1 aliphatic rings. The number of hydrogen-bond donors (Lipinski definition) is 3. The molecule has 1 saturated heterocycles. The monoisotopic (exact) mass is 280 g/mol. The number of carbonyl (C=O) groups is 1. The molecule has 1 atom stereocenters. The molecule has 0 radical (unpaired) electrons. The van der Waals surface area contributed by atoms with E-state index >= 15 is 0 Å². The first-order chi connectivity index (χ1) is 9.60. The van der Waals surface area contributed by atoms with E-state index in [0.717, 1.165) is 49.4 Å². The van der Waals surface area contributed by atoms with Gasteiger partial charge in [-0.25, -0.2) is 0 Å². The van der Waals surface area contributed by atoms with Crippen molar-refractivity contribution in [2.24, 2.45) is 5.92 Å². The fraction of sp³-hybridized carbons (Fsp3) is 0.714. The molecule has 20 heavy (non-hydrogen) atoms. The van der Waals surface area contributed by atoms with Crippen LogP contribution in [-0.2, 0) is 4.79 Å². The van der Waals surface area contributed by atoms with Crippen molar-refractivity contribution in [2.45, 2.75) is 33.1 Å². The number of hydrogen-bond acceptors (Lipinski definition) is 4. The summed E-state index contributed by atoms with van der Waals surface area (Å²) < 4.78 is 0. The van der Waals surface area contributed by atoms with Crippen LogP contribution in [0.1, 0.15) is 30.7 Å². The molecule has 0 bridgehead atoms. The lowest BCUT2D eigenvalue weighted by atomic mass is 9.95. The molecule has 3 N–H and O–H groups in total. The normalized spacial score (nSPS) is 20.1. The highest BCUT2D eigenvalue weighted by atomic mass is 16.3. The maximum Gasteiger partial charge on any atom is 0.238 e. The van der Waals surface area contributed by atoms with E-state index in [1.807, 2.05) is 13.8 Å². The van der Waals surface area contributed by atoms with Gasteiger partial charge >= 0.3 is 0 Å². The lowest BCUT2D eigenvalue weighted by Crippen LogP contribution is -2.40. The van der Waals surface area contributed by atoms with Crippen LogP contribution in [0.4, 0.5) is 5.69 Å². The highest BCUT2D eigenvalue weighted by molar-refractivity contribution is 5.93. The molecule has 1 fully saturated rings. The minimum Gasteiger partial charge on any atom is -0.396 e. The summed E-state index contributed by atoms with van der Waals surface area (Å²) in [6.45, 7) is 6.27. The molecule has 2 rings (SSSR count). The number of aliphatic hydroxyl groups is 1. The van der Waals surface area contributed by atoms with E-state index in [-0.39, 0.29) is 12.5 Å². The molecule has 1 aliphatic heterocycles. The Labute approximate surface area is 119 Å². The predicted molar refractivity (Wildman–Crippen MR) is 77.6 cm³/mol. The molecule has 1 amide bonds. The molecule has 0 saturated carbocycles. The number of carbonyl (C=O) groups excluding carboxylic acids is 1. The van der Waals surface area contributed by atoms with Crippen LogP contribution in [0.15, 0.2) is 0 Å². The van der Waals surface area contributed by atoms with Gasteiger partial charge < -0.3 is 10.4 Å². The third-order valence-corrected chi connectivity index (χ3v) is 3.90. The summed E-state index contributed by atoms with van der Waals surface area (Å²) in [5.41, 5.74) is 2.49. The number of H-pyrrole nitrogens is 1. The Morgan fingerprint density at radius 2 is 2.35 bits per heavy atom. The van der Waals surface area contributed by atoms with Gasteiger partial charge in [-0.15, -0.1) is 0 Å². The third kappa shape index (κ3) is 3.80. The second kappa shape index (κ2) is 6.85. The van der Waals surface area contributed by atoms with Gasteiger partial charge in [-0.1, -0.05) is 0 Å². The fourth-order valence-corrected chi connectivity index (χ4v) is 2.83. The lowest BCUT2D eigenvalue weighted by molar-refractivity contribution is -0.117. The predicted octanol–water partition coefficient (Wildman–Crippen LogP) is 1.06. The fourth-order valence-electron chi connectivity index (χ4n) is 2.83. The minimum absolute atomic E-state index is 0.00208. The Kier molecular flexibility index (Phi) is 5.14. The SMILES string of the molecule is Cc1n[nH]c(C)c1NC(=O)CN1CCCC(CCO)C1. The quantitative estimate of drug-likeness (QED) is 0.753. The van der Waals surface area contributed by atoms with Crippen molar-refractivity contribution >= 4 is 11.6 Å². The van der Waals surface area contributed by atoms with Crippen molar-refractivity contribution in [1.82, 2.24) is 15.1 Å². The molecule has 6 nitrogen and oxygen atoms in total. The van der Waals surface area contributed by atoms with Crippen LogP contribution in [0.3, 0.4) is 0 Å². The van der Waals surface area contributed by atoms with Crippen molar-refractivity contribution in [1.29, 1.82) is 0 Å². The van der Waals surface area contributed by atoms with E-state index in [9.17, 15) is 4.79 Å². The van der Waals surface area contributed by atoms with Crippen molar-refractivity contribution in [3.63, 3.8) is 0 Å². The van der Waals surface area contributed by atoms with Crippen molar-refractivity contribution in [2.75, 3.05) is 31.6 Å². The average molecular weight is 280 g/mol. The van der Waals surface area contributed by atoms with E-state index in [4.69, 9.17) is 5.11 Å². The number of amides is 1. The highest BCUT2D eigenvalue weighted by Gasteiger charge is 2.21. The van der Waals surface area contributed by atoms with Gasteiger partial charge in [0.15, 0.2) is 0 Å². The third-order valence-electron chi connectivity index (χ3n) is 3.90. The molecular formula is C14H24N4O2. The Morgan fingerprint density at radius 1 is 1.55 bits per heavy atom. The summed E-state index contributed by atoms with van der Waals surface area (Å²) in [6, 6.07) is 0. The summed E-state index contributed by atoms with van der Waals surface area (Å²) in [7, 11) is 0. The average Bonchev–Trinajstić information content (AvgIpc) is 2.71. The maximum absolute atomic E-state index is 12.1. The van der Waals surface area contributed by atoms with Crippen LogP contribution in [0.5, 0.6) is 0 Å². The zero-order valence-electron chi connectivity index (χ0n) is 12.3. The van der Waals surface area contributed by atoms with Crippen LogP contribution in [0.25, 0.3) is 0 Å². The summed E-state index contributed by atoms with van der Waals surface area (Å²) >= 11 is 0. The molecule has 0 spiro atoms. The van der Waals surface area contributed by atoms with Gasteiger partial charge in [-0.05, 0) is 45.6 Å². The topological polar surface area (TPSA) is 81.2 Å². The molecule has 1 aromatic rings. The number of likely N-dealkylation sites (tertiary alicyclic amines) is 1. The first kappa shape index (κ1) is 15.0. The number of aromatic amines is 1. The van der Waals surface area contributed by atoms with Crippen molar-refractivity contribution < 1.29 is 9.90 Å². The number of aromatic nitrogens is 2. The number of aliphatic hydroxyl groups excluding tert-OH is 1. The number of nitrogens with one attached hydrogen (secondary N) is 2. The van der Waals surface area contributed by atoms with Gasteiger partial charge in [0.05, 0.1) is 23.6 Å². The zero-order valence-corrected chi connectivity index (χ0v) is 12.3. The summed E-state index contributed by atoms with van der Waals surface area (Å²) in [5.74, 6) is 0.515. The van der Waals surface area contributed by atoms with Gasteiger partial charge in [-0.2, -0.15) is 5.10 Å². The highest BCUT2D eigenvalue weighted by Crippen LogP contribution is 2.20. The van der Waals surface area contributed by atoms with E-state index in [2.05, 4.69) is 20.4 Å². The van der Waals surface area contributed by atoms with Crippen LogP contribution in [0, 0.1) is 19.8 Å². The molecule has 0 aromatic carbocycles. The summed E-state index contributed by atoms with van der Waals surface area (Å²) in [4.78, 5) is 14.3. The molecule has 1 aromatic heterocycles. The lowest BCUT2D eigenvalue weighted by Gasteiger charge is -2.31. The van der Waals surface area contributed by atoms with Crippen LogP contribution < -0.4 is 5.32 Å². The van der Waals surface area contributed by atoms with Crippen LogP contribution in [-0.4, -0.2) is 52.4 Å².